The lowest BCUT2D eigenvalue weighted by molar-refractivity contribution is -0.00000564. The Morgan fingerprint density at radius 1 is 0.533 bits per heavy atom. The fraction of sp³-hybridized carbons (Fsp3) is 0.0714. The zero-order chi connectivity index (χ0) is 19.8. The molecule has 0 bridgehead atoms. The molecule has 0 spiro atoms. The van der Waals surface area contributed by atoms with Crippen molar-refractivity contribution in [1.82, 2.24) is 0 Å². The highest BCUT2D eigenvalue weighted by Crippen LogP contribution is 2.59. The van der Waals surface area contributed by atoms with E-state index in [9.17, 15) is 0 Å². The molecule has 0 aliphatic carbocycles. The van der Waals surface area contributed by atoms with Gasteiger partial charge in [-0.2, -0.15) is 0 Å². The fourth-order valence-electron chi connectivity index (χ4n) is 3.86. The smallest absolute Gasteiger partial charge is 0.0998 e. The van der Waals surface area contributed by atoms with Gasteiger partial charge in [0.15, 0.2) is 0 Å². The maximum absolute atomic E-state index is 2.38. The molecule has 0 saturated heterocycles. The summed E-state index contributed by atoms with van der Waals surface area (Å²) in [5.41, 5.74) is 2.66. The highest BCUT2D eigenvalue weighted by atomic mass is 79.9. The van der Waals surface area contributed by atoms with E-state index >= 15 is 0 Å². The summed E-state index contributed by atoms with van der Waals surface area (Å²) in [7, 11) is -1.65. The molecule has 150 valence electrons. The van der Waals surface area contributed by atoms with Crippen molar-refractivity contribution in [3.05, 3.63) is 139 Å². The summed E-state index contributed by atoms with van der Waals surface area (Å²) >= 11 is 0. The molecule has 0 saturated carbocycles. The van der Waals surface area contributed by atoms with Crippen LogP contribution in [0.3, 0.4) is 0 Å². The molecule has 0 fully saturated rings. The first-order valence-corrected chi connectivity index (χ1v) is 12.3. The molecule has 0 aliphatic rings. The van der Waals surface area contributed by atoms with Crippen LogP contribution in [0.25, 0.3) is 6.08 Å². The van der Waals surface area contributed by atoms with Crippen LogP contribution in [0.1, 0.15) is 11.1 Å². The summed E-state index contributed by atoms with van der Waals surface area (Å²) < 4.78 is 0. The average Bonchev–Trinajstić information content (AvgIpc) is 2.81. The van der Waals surface area contributed by atoms with Gasteiger partial charge in [0.05, 0.1) is 30.2 Å². The Labute approximate surface area is 191 Å². The van der Waals surface area contributed by atoms with Crippen LogP contribution in [0.5, 0.6) is 0 Å². The highest BCUT2D eigenvalue weighted by Gasteiger charge is 2.41. The summed E-state index contributed by atoms with van der Waals surface area (Å²) in [5, 5.41) is 2.93. The predicted molar refractivity (Wildman–Crippen MR) is 130 cm³/mol. The molecular weight excluding hydrogens is 447 g/mol. The number of rotatable bonds is 7. The van der Waals surface area contributed by atoms with E-state index < -0.39 is 7.26 Å². The van der Waals surface area contributed by atoms with Gasteiger partial charge in [-0.3, -0.25) is 0 Å². The minimum Gasteiger partial charge on any atom is -1.00 e. The Hall–Kier alpha value is -2.47. The molecule has 0 nitrogen and oxygen atoms in total. The van der Waals surface area contributed by atoms with Crippen LogP contribution in [0, 0.1) is 0 Å². The molecule has 0 unspecified atom stereocenters. The van der Waals surface area contributed by atoms with E-state index in [0.29, 0.717) is 0 Å². The van der Waals surface area contributed by atoms with Gasteiger partial charge in [-0.05, 0) is 41.5 Å². The van der Waals surface area contributed by atoms with E-state index in [4.69, 9.17) is 0 Å². The SMILES string of the molecule is C(=C\c1ccccc1)/C[P+](Cc1ccccc1)(c1ccccc1)c1ccccc1.[Br-]. The van der Waals surface area contributed by atoms with Crippen LogP contribution in [0.15, 0.2) is 127 Å². The second-order valence-electron chi connectivity index (χ2n) is 7.28. The average molecular weight is 473 g/mol. The van der Waals surface area contributed by atoms with Gasteiger partial charge in [0.25, 0.3) is 0 Å². The van der Waals surface area contributed by atoms with E-state index in [-0.39, 0.29) is 17.0 Å². The monoisotopic (exact) mass is 472 g/mol. The molecule has 0 aliphatic heterocycles. The molecule has 0 amide bonds. The van der Waals surface area contributed by atoms with Crippen molar-refractivity contribution in [1.29, 1.82) is 0 Å². The van der Waals surface area contributed by atoms with Crippen LogP contribution in [0.4, 0.5) is 0 Å². The zero-order valence-corrected chi connectivity index (χ0v) is 19.4. The van der Waals surface area contributed by atoms with Gasteiger partial charge in [-0.1, -0.05) is 103 Å². The normalized spacial score (nSPS) is 11.2. The van der Waals surface area contributed by atoms with Crippen LogP contribution < -0.4 is 27.6 Å². The number of halogens is 1. The van der Waals surface area contributed by atoms with Crippen molar-refractivity contribution in [2.45, 2.75) is 6.16 Å². The zero-order valence-electron chi connectivity index (χ0n) is 16.9. The van der Waals surface area contributed by atoms with Crippen molar-refractivity contribution in [2.24, 2.45) is 0 Å². The summed E-state index contributed by atoms with van der Waals surface area (Å²) in [6.45, 7) is 0. The van der Waals surface area contributed by atoms with Crippen molar-refractivity contribution in [3.8, 4) is 0 Å². The van der Waals surface area contributed by atoms with E-state index in [1.807, 2.05) is 0 Å². The van der Waals surface area contributed by atoms with E-state index in [0.717, 1.165) is 12.3 Å². The van der Waals surface area contributed by atoms with E-state index in [1.54, 1.807) is 0 Å². The van der Waals surface area contributed by atoms with Gasteiger partial charge in [-0.25, -0.2) is 0 Å². The lowest BCUT2D eigenvalue weighted by Crippen LogP contribution is -3.00. The van der Waals surface area contributed by atoms with Gasteiger partial charge in [-0.15, -0.1) is 0 Å². The van der Waals surface area contributed by atoms with Crippen molar-refractivity contribution in [3.63, 3.8) is 0 Å². The molecule has 0 heterocycles. The first-order valence-electron chi connectivity index (χ1n) is 10.1. The minimum atomic E-state index is -1.65. The molecule has 0 atom stereocenters. The van der Waals surface area contributed by atoms with Crippen molar-refractivity contribution < 1.29 is 17.0 Å². The molecule has 4 aromatic rings. The lowest BCUT2D eigenvalue weighted by atomic mass is 10.2. The number of hydrogen-bond donors (Lipinski definition) is 0. The summed E-state index contributed by atoms with van der Waals surface area (Å²) in [4.78, 5) is 0. The topological polar surface area (TPSA) is 0 Å². The number of allylic oxidation sites excluding steroid dienone is 1. The van der Waals surface area contributed by atoms with Crippen molar-refractivity contribution in [2.75, 3.05) is 6.16 Å². The molecule has 0 radical (unpaired) electrons. The fourth-order valence-corrected chi connectivity index (χ4v) is 7.86. The van der Waals surface area contributed by atoms with Gasteiger partial charge in [0, 0.05) is 0 Å². The van der Waals surface area contributed by atoms with Crippen molar-refractivity contribution >= 4 is 23.9 Å². The second-order valence-corrected chi connectivity index (χ2v) is 10.9. The van der Waals surface area contributed by atoms with Crippen LogP contribution in [0.2, 0.25) is 0 Å². The predicted octanol–water partition coefficient (Wildman–Crippen LogP) is 3.57. The third kappa shape index (κ3) is 5.36. The summed E-state index contributed by atoms with van der Waals surface area (Å²) in [6, 6.07) is 43.8. The molecule has 30 heavy (non-hydrogen) atoms. The molecule has 4 aromatic carbocycles. The lowest BCUT2D eigenvalue weighted by Gasteiger charge is -2.27. The Morgan fingerprint density at radius 2 is 0.967 bits per heavy atom. The molecular formula is C28H26BrP. The van der Waals surface area contributed by atoms with Gasteiger partial charge in [0.1, 0.15) is 0 Å². The van der Waals surface area contributed by atoms with E-state index in [1.165, 1.54) is 21.7 Å². The molecule has 2 heteroatoms. The highest BCUT2D eigenvalue weighted by molar-refractivity contribution is 7.89. The quantitative estimate of drug-likeness (QED) is 0.360. The second kappa shape index (κ2) is 11.1. The van der Waals surface area contributed by atoms with Gasteiger partial charge in [0.2, 0.25) is 0 Å². The van der Waals surface area contributed by atoms with Crippen LogP contribution in [-0.2, 0) is 6.16 Å². The molecule has 0 aromatic heterocycles. The first kappa shape index (κ1) is 22.2. The Morgan fingerprint density at radius 3 is 1.47 bits per heavy atom. The largest absolute Gasteiger partial charge is 1.00 e. The third-order valence-electron chi connectivity index (χ3n) is 5.32. The molecule has 4 rings (SSSR count). The Bertz CT molecular complexity index is 990. The maximum Gasteiger partial charge on any atom is 0.0998 e. The summed E-state index contributed by atoms with van der Waals surface area (Å²) in [6.07, 6.45) is 6.77. The van der Waals surface area contributed by atoms with Gasteiger partial charge >= 0.3 is 0 Å². The maximum atomic E-state index is 2.38. The first-order chi connectivity index (χ1) is 14.4. The minimum absolute atomic E-state index is 0. The standard InChI is InChI=1S/C28H26P.BrH/c1-5-14-25(15-6-1)18-13-23-29(27-19-9-3-10-20-27,28-21-11-4-12-22-28)24-26-16-7-2-8-17-26;/h1-22H,23-24H2;1H/q+1;/p-1/b18-13+;. The number of benzene rings is 4. The number of hydrogen-bond acceptors (Lipinski definition) is 0. The van der Waals surface area contributed by atoms with Crippen LogP contribution >= 0.6 is 7.26 Å². The van der Waals surface area contributed by atoms with E-state index in [2.05, 4.69) is 133 Å². The third-order valence-corrected chi connectivity index (χ3v) is 9.64. The van der Waals surface area contributed by atoms with Gasteiger partial charge < -0.3 is 17.0 Å². The van der Waals surface area contributed by atoms with Crippen LogP contribution in [-0.4, -0.2) is 6.16 Å². The summed E-state index contributed by atoms with van der Waals surface area (Å²) in [5.74, 6) is 0. The Kier molecular flexibility index (Phi) is 8.20. The molecule has 0 N–H and O–H groups in total. The Balaban J connectivity index is 0.00000256.